The quantitative estimate of drug-likeness (QED) is 0.772. The third-order valence-corrected chi connectivity index (χ3v) is 3.75. The highest BCUT2D eigenvalue weighted by Gasteiger charge is 2.30. The summed E-state index contributed by atoms with van der Waals surface area (Å²) in [6, 6.07) is 4.46. The SMILES string of the molecule is COc1cc(CNC(=O)[C@@H]2CC[C@H](CN)O2)ccc1OCC(F)(F)F. The van der Waals surface area contributed by atoms with Crippen molar-refractivity contribution in [1.29, 1.82) is 0 Å². The number of methoxy groups -OCH3 is 1. The van der Waals surface area contributed by atoms with Crippen LogP contribution in [0.15, 0.2) is 18.2 Å². The molecule has 6 nitrogen and oxygen atoms in total. The van der Waals surface area contributed by atoms with Crippen molar-refractivity contribution in [3.8, 4) is 11.5 Å². The van der Waals surface area contributed by atoms with E-state index in [9.17, 15) is 18.0 Å². The number of benzene rings is 1. The first-order valence-electron chi connectivity index (χ1n) is 7.82. The van der Waals surface area contributed by atoms with Crippen molar-refractivity contribution in [2.45, 2.75) is 37.8 Å². The van der Waals surface area contributed by atoms with E-state index >= 15 is 0 Å². The van der Waals surface area contributed by atoms with E-state index in [2.05, 4.69) is 5.32 Å². The largest absolute Gasteiger partial charge is 0.493 e. The lowest BCUT2D eigenvalue weighted by Gasteiger charge is -2.15. The fourth-order valence-electron chi connectivity index (χ4n) is 2.48. The highest BCUT2D eigenvalue weighted by molar-refractivity contribution is 5.81. The number of alkyl halides is 3. The van der Waals surface area contributed by atoms with Crippen molar-refractivity contribution < 1.29 is 32.2 Å². The van der Waals surface area contributed by atoms with Crippen LogP contribution in [0.5, 0.6) is 11.5 Å². The Hall–Kier alpha value is -2.00. The zero-order valence-corrected chi connectivity index (χ0v) is 13.8. The molecule has 1 aromatic carbocycles. The van der Waals surface area contributed by atoms with Gasteiger partial charge in [-0.3, -0.25) is 4.79 Å². The van der Waals surface area contributed by atoms with Crippen molar-refractivity contribution in [2.24, 2.45) is 5.73 Å². The van der Waals surface area contributed by atoms with Crippen molar-refractivity contribution in [3.63, 3.8) is 0 Å². The molecule has 1 saturated heterocycles. The summed E-state index contributed by atoms with van der Waals surface area (Å²) in [6.07, 6.45) is -3.69. The third-order valence-electron chi connectivity index (χ3n) is 3.75. The van der Waals surface area contributed by atoms with E-state index in [0.717, 1.165) is 6.42 Å². The maximum absolute atomic E-state index is 12.2. The molecule has 2 atom stereocenters. The lowest BCUT2D eigenvalue weighted by molar-refractivity contribution is -0.153. The lowest BCUT2D eigenvalue weighted by atomic mass is 10.1. The van der Waals surface area contributed by atoms with Crippen LogP contribution < -0.4 is 20.5 Å². The fourth-order valence-corrected chi connectivity index (χ4v) is 2.48. The van der Waals surface area contributed by atoms with Crippen molar-refractivity contribution in [3.05, 3.63) is 23.8 Å². The molecule has 9 heteroatoms. The van der Waals surface area contributed by atoms with Crippen LogP contribution in [0.2, 0.25) is 0 Å². The van der Waals surface area contributed by atoms with Crippen LogP contribution in [0.1, 0.15) is 18.4 Å². The van der Waals surface area contributed by atoms with Gasteiger partial charge in [-0.25, -0.2) is 0 Å². The molecule has 0 bridgehead atoms. The topological polar surface area (TPSA) is 82.8 Å². The molecule has 1 fully saturated rings. The molecule has 0 saturated carbocycles. The van der Waals surface area contributed by atoms with Gasteiger partial charge in [0.25, 0.3) is 0 Å². The van der Waals surface area contributed by atoms with E-state index < -0.39 is 18.9 Å². The van der Waals surface area contributed by atoms with E-state index in [0.29, 0.717) is 18.5 Å². The maximum Gasteiger partial charge on any atom is 0.422 e. The zero-order chi connectivity index (χ0) is 18.4. The molecule has 25 heavy (non-hydrogen) atoms. The molecular weight excluding hydrogens is 341 g/mol. The van der Waals surface area contributed by atoms with E-state index in [1.54, 1.807) is 6.07 Å². The Morgan fingerprint density at radius 1 is 1.36 bits per heavy atom. The molecule has 140 valence electrons. The second kappa shape index (κ2) is 8.39. The molecule has 1 aromatic rings. The fraction of sp³-hybridized carbons (Fsp3) is 0.562. The van der Waals surface area contributed by atoms with Gasteiger partial charge < -0.3 is 25.3 Å². The molecule has 1 aliphatic heterocycles. The van der Waals surface area contributed by atoms with Gasteiger partial charge in [0.05, 0.1) is 13.2 Å². The van der Waals surface area contributed by atoms with Gasteiger partial charge in [-0.1, -0.05) is 6.07 Å². The molecule has 0 radical (unpaired) electrons. The van der Waals surface area contributed by atoms with Crippen LogP contribution in [0, 0.1) is 0 Å². The van der Waals surface area contributed by atoms with Gasteiger partial charge in [-0.05, 0) is 30.5 Å². The van der Waals surface area contributed by atoms with E-state index in [-0.39, 0.29) is 30.1 Å². The molecule has 0 aliphatic carbocycles. The highest BCUT2D eigenvalue weighted by Crippen LogP contribution is 2.30. The number of nitrogens with one attached hydrogen (secondary N) is 1. The second-order valence-electron chi connectivity index (χ2n) is 5.67. The molecule has 1 amide bonds. The molecule has 1 heterocycles. The average Bonchev–Trinajstić information content (AvgIpc) is 3.06. The van der Waals surface area contributed by atoms with Gasteiger partial charge in [0.15, 0.2) is 18.1 Å². The van der Waals surface area contributed by atoms with Crippen LogP contribution in [-0.2, 0) is 16.1 Å². The van der Waals surface area contributed by atoms with Crippen molar-refractivity contribution in [2.75, 3.05) is 20.3 Å². The maximum atomic E-state index is 12.2. The number of ether oxygens (including phenoxy) is 3. The summed E-state index contributed by atoms with van der Waals surface area (Å²) >= 11 is 0. The van der Waals surface area contributed by atoms with Crippen LogP contribution in [-0.4, -0.2) is 44.6 Å². The Morgan fingerprint density at radius 3 is 2.72 bits per heavy atom. The summed E-state index contributed by atoms with van der Waals surface area (Å²) in [5.74, 6) is -0.0940. The number of nitrogens with two attached hydrogens (primary N) is 1. The lowest BCUT2D eigenvalue weighted by Crippen LogP contribution is -2.35. The summed E-state index contributed by atoms with van der Waals surface area (Å²) in [5.41, 5.74) is 6.17. The molecule has 0 unspecified atom stereocenters. The van der Waals surface area contributed by atoms with Gasteiger partial charge in [0.1, 0.15) is 6.10 Å². The Kier molecular flexibility index (Phi) is 6.49. The average molecular weight is 362 g/mol. The number of hydrogen-bond acceptors (Lipinski definition) is 5. The summed E-state index contributed by atoms with van der Waals surface area (Å²) in [7, 11) is 1.33. The smallest absolute Gasteiger partial charge is 0.422 e. The Bertz CT molecular complexity index is 595. The van der Waals surface area contributed by atoms with Gasteiger partial charge in [0, 0.05) is 13.1 Å². The zero-order valence-electron chi connectivity index (χ0n) is 13.8. The van der Waals surface area contributed by atoms with Crippen LogP contribution in [0.4, 0.5) is 13.2 Å². The third kappa shape index (κ3) is 5.79. The van der Waals surface area contributed by atoms with Crippen LogP contribution in [0.3, 0.4) is 0 Å². The number of hydrogen-bond donors (Lipinski definition) is 2. The normalized spacial score (nSPS) is 20.4. The first kappa shape index (κ1) is 19.3. The van der Waals surface area contributed by atoms with E-state index in [4.69, 9.17) is 19.9 Å². The molecular formula is C16H21F3N2O4. The summed E-state index contributed by atoms with van der Waals surface area (Å²) in [6.45, 7) is -0.830. The number of halogens is 3. The number of amides is 1. The Balaban J connectivity index is 1.91. The predicted octanol–water partition coefficient (Wildman–Crippen LogP) is 1.76. The Morgan fingerprint density at radius 2 is 2.12 bits per heavy atom. The predicted molar refractivity (Wildman–Crippen MR) is 83.3 cm³/mol. The Labute approximate surface area is 143 Å². The van der Waals surface area contributed by atoms with Crippen molar-refractivity contribution in [1.82, 2.24) is 5.32 Å². The van der Waals surface area contributed by atoms with Gasteiger partial charge in [-0.2, -0.15) is 13.2 Å². The summed E-state index contributed by atoms with van der Waals surface area (Å²) in [4.78, 5) is 12.1. The summed E-state index contributed by atoms with van der Waals surface area (Å²) in [5, 5.41) is 2.73. The number of rotatable bonds is 7. The minimum absolute atomic E-state index is 0.0141. The minimum atomic E-state index is -4.43. The monoisotopic (exact) mass is 362 g/mol. The first-order valence-corrected chi connectivity index (χ1v) is 7.82. The molecule has 0 aromatic heterocycles. The van der Waals surface area contributed by atoms with Crippen LogP contribution in [0.25, 0.3) is 0 Å². The first-order chi connectivity index (χ1) is 11.8. The molecule has 1 aliphatic rings. The number of carbonyl (C=O) groups excluding carboxylic acids is 1. The minimum Gasteiger partial charge on any atom is -0.493 e. The number of carbonyl (C=O) groups is 1. The second-order valence-corrected chi connectivity index (χ2v) is 5.67. The van der Waals surface area contributed by atoms with E-state index in [1.807, 2.05) is 0 Å². The van der Waals surface area contributed by atoms with Gasteiger partial charge in [-0.15, -0.1) is 0 Å². The van der Waals surface area contributed by atoms with Crippen molar-refractivity contribution >= 4 is 5.91 Å². The van der Waals surface area contributed by atoms with E-state index in [1.165, 1.54) is 19.2 Å². The molecule has 0 spiro atoms. The summed E-state index contributed by atoms with van der Waals surface area (Å²) < 4.78 is 52.0. The molecule has 2 rings (SSSR count). The highest BCUT2D eigenvalue weighted by atomic mass is 19.4. The standard InChI is InChI=1S/C16H21F3N2O4/c1-23-14-6-10(2-4-12(14)24-9-16(17,18)19)8-21-15(22)13-5-3-11(7-20)25-13/h2,4,6,11,13H,3,5,7-9,20H2,1H3,(H,21,22)/t11-,13+/m1/s1. The van der Waals surface area contributed by atoms with Crippen LogP contribution >= 0.6 is 0 Å². The molecule has 3 N–H and O–H groups in total. The van der Waals surface area contributed by atoms with Gasteiger partial charge >= 0.3 is 6.18 Å². The van der Waals surface area contributed by atoms with Gasteiger partial charge in [0.2, 0.25) is 5.91 Å².